The SMILES string of the molecule is CC(O)[C@@H](N)CC1CCCCC1. The van der Waals surface area contributed by atoms with Gasteiger partial charge in [-0.1, -0.05) is 32.1 Å². The van der Waals surface area contributed by atoms with Gasteiger partial charge in [0, 0.05) is 6.04 Å². The van der Waals surface area contributed by atoms with E-state index < -0.39 is 0 Å². The van der Waals surface area contributed by atoms with Crippen molar-refractivity contribution in [1.29, 1.82) is 0 Å². The van der Waals surface area contributed by atoms with E-state index in [4.69, 9.17) is 5.73 Å². The number of hydrogen-bond donors (Lipinski definition) is 2. The third-order valence-corrected chi connectivity index (χ3v) is 2.95. The first-order valence-electron chi connectivity index (χ1n) is 5.14. The van der Waals surface area contributed by atoms with Crippen molar-refractivity contribution in [2.24, 2.45) is 11.7 Å². The summed E-state index contributed by atoms with van der Waals surface area (Å²) in [6.07, 6.45) is 7.42. The van der Waals surface area contributed by atoms with Gasteiger partial charge in [-0.05, 0) is 19.3 Å². The Morgan fingerprint density at radius 2 is 1.92 bits per heavy atom. The molecular formula is C10H21NO. The van der Waals surface area contributed by atoms with Crippen LogP contribution in [0.25, 0.3) is 0 Å². The molecule has 0 saturated heterocycles. The van der Waals surface area contributed by atoms with Gasteiger partial charge in [0.1, 0.15) is 0 Å². The van der Waals surface area contributed by atoms with E-state index in [0.717, 1.165) is 12.3 Å². The van der Waals surface area contributed by atoms with Crippen molar-refractivity contribution in [3.05, 3.63) is 0 Å². The summed E-state index contributed by atoms with van der Waals surface area (Å²) < 4.78 is 0. The lowest BCUT2D eigenvalue weighted by Gasteiger charge is -2.25. The average molecular weight is 171 g/mol. The topological polar surface area (TPSA) is 46.2 Å². The Morgan fingerprint density at radius 1 is 1.33 bits per heavy atom. The molecule has 0 aliphatic heterocycles. The normalized spacial score (nSPS) is 25.2. The first kappa shape index (κ1) is 10.0. The van der Waals surface area contributed by atoms with Gasteiger partial charge in [-0.3, -0.25) is 0 Å². The van der Waals surface area contributed by atoms with Gasteiger partial charge in [0.2, 0.25) is 0 Å². The van der Waals surface area contributed by atoms with Crippen molar-refractivity contribution in [3.8, 4) is 0 Å². The number of nitrogens with two attached hydrogens (primary N) is 1. The fraction of sp³-hybridized carbons (Fsp3) is 1.00. The van der Waals surface area contributed by atoms with Crippen LogP contribution in [0.1, 0.15) is 45.4 Å². The average Bonchev–Trinajstić information content (AvgIpc) is 2.06. The highest BCUT2D eigenvalue weighted by Gasteiger charge is 2.18. The van der Waals surface area contributed by atoms with E-state index in [2.05, 4.69) is 0 Å². The lowest BCUT2D eigenvalue weighted by molar-refractivity contribution is 0.143. The highest BCUT2D eigenvalue weighted by Crippen LogP contribution is 2.27. The minimum Gasteiger partial charge on any atom is -0.392 e. The zero-order valence-corrected chi connectivity index (χ0v) is 8.00. The monoisotopic (exact) mass is 171 g/mol. The van der Waals surface area contributed by atoms with Gasteiger partial charge in [-0.15, -0.1) is 0 Å². The van der Waals surface area contributed by atoms with Gasteiger partial charge in [0.05, 0.1) is 6.10 Å². The van der Waals surface area contributed by atoms with Crippen LogP contribution >= 0.6 is 0 Å². The van der Waals surface area contributed by atoms with Crippen LogP contribution in [0.5, 0.6) is 0 Å². The molecular weight excluding hydrogens is 150 g/mol. The Labute approximate surface area is 75.2 Å². The number of aliphatic hydroxyl groups is 1. The van der Waals surface area contributed by atoms with E-state index in [-0.39, 0.29) is 12.1 Å². The van der Waals surface area contributed by atoms with Gasteiger partial charge in [0.25, 0.3) is 0 Å². The third-order valence-electron chi connectivity index (χ3n) is 2.95. The van der Waals surface area contributed by atoms with E-state index in [1.807, 2.05) is 0 Å². The second kappa shape index (κ2) is 4.83. The van der Waals surface area contributed by atoms with Crippen LogP contribution in [0.4, 0.5) is 0 Å². The molecule has 3 N–H and O–H groups in total. The molecule has 1 saturated carbocycles. The summed E-state index contributed by atoms with van der Waals surface area (Å²) in [6.45, 7) is 1.79. The molecule has 1 fully saturated rings. The highest BCUT2D eigenvalue weighted by atomic mass is 16.3. The third kappa shape index (κ3) is 3.11. The van der Waals surface area contributed by atoms with Crippen molar-refractivity contribution in [3.63, 3.8) is 0 Å². The van der Waals surface area contributed by atoms with E-state index in [1.54, 1.807) is 6.92 Å². The quantitative estimate of drug-likeness (QED) is 0.678. The smallest absolute Gasteiger partial charge is 0.0663 e. The molecule has 0 radical (unpaired) electrons. The van der Waals surface area contributed by atoms with E-state index in [9.17, 15) is 5.11 Å². The highest BCUT2D eigenvalue weighted by molar-refractivity contribution is 4.75. The number of aliphatic hydroxyl groups excluding tert-OH is 1. The molecule has 12 heavy (non-hydrogen) atoms. The maximum absolute atomic E-state index is 9.23. The maximum Gasteiger partial charge on any atom is 0.0663 e. The second-order valence-corrected chi connectivity index (χ2v) is 4.14. The Hall–Kier alpha value is -0.0800. The van der Waals surface area contributed by atoms with E-state index in [0.29, 0.717) is 0 Å². The molecule has 1 aliphatic carbocycles. The molecule has 72 valence electrons. The Kier molecular flexibility index (Phi) is 4.02. The summed E-state index contributed by atoms with van der Waals surface area (Å²) >= 11 is 0. The summed E-state index contributed by atoms with van der Waals surface area (Å²) in [5, 5.41) is 9.23. The molecule has 2 nitrogen and oxygen atoms in total. The standard InChI is InChI=1S/C10H21NO/c1-8(12)10(11)7-9-5-3-2-4-6-9/h8-10,12H,2-7,11H2,1H3/t8?,10-/m0/s1. The van der Waals surface area contributed by atoms with Crippen LogP contribution in [0.3, 0.4) is 0 Å². The molecule has 0 heterocycles. The molecule has 1 aliphatic rings. The van der Waals surface area contributed by atoms with Gasteiger partial charge < -0.3 is 10.8 Å². The molecule has 2 atom stereocenters. The van der Waals surface area contributed by atoms with Crippen LogP contribution in [-0.4, -0.2) is 17.3 Å². The lowest BCUT2D eigenvalue weighted by Crippen LogP contribution is -2.34. The minimum atomic E-state index is -0.341. The van der Waals surface area contributed by atoms with Crippen molar-refractivity contribution in [1.82, 2.24) is 0 Å². The zero-order valence-electron chi connectivity index (χ0n) is 8.00. The van der Waals surface area contributed by atoms with E-state index >= 15 is 0 Å². The minimum absolute atomic E-state index is 0.00639. The first-order chi connectivity index (χ1) is 5.70. The van der Waals surface area contributed by atoms with Crippen molar-refractivity contribution in [2.45, 2.75) is 57.6 Å². The summed E-state index contributed by atoms with van der Waals surface area (Å²) in [4.78, 5) is 0. The van der Waals surface area contributed by atoms with Crippen molar-refractivity contribution < 1.29 is 5.11 Å². The second-order valence-electron chi connectivity index (χ2n) is 4.14. The van der Waals surface area contributed by atoms with Gasteiger partial charge in [0.15, 0.2) is 0 Å². The zero-order chi connectivity index (χ0) is 8.97. The van der Waals surface area contributed by atoms with E-state index in [1.165, 1.54) is 32.1 Å². The number of rotatable bonds is 3. The van der Waals surface area contributed by atoms with Crippen LogP contribution in [0.15, 0.2) is 0 Å². The lowest BCUT2D eigenvalue weighted by atomic mass is 9.84. The Balaban J connectivity index is 2.20. The van der Waals surface area contributed by atoms with Crippen LogP contribution in [0, 0.1) is 5.92 Å². The van der Waals surface area contributed by atoms with Crippen LogP contribution in [0.2, 0.25) is 0 Å². The summed E-state index contributed by atoms with van der Waals surface area (Å²) in [7, 11) is 0. The predicted octanol–water partition coefficient (Wildman–Crippen LogP) is 1.66. The van der Waals surface area contributed by atoms with Crippen LogP contribution < -0.4 is 5.73 Å². The number of hydrogen-bond acceptors (Lipinski definition) is 2. The fourth-order valence-electron chi connectivity index (χ4n) is 2.00. The molecule has 0 spiro atoms. The molecule has 1 rings (SSSR count). The Bertz CT molecular complexity index is 119. The van der Waals surface area contributed by atoms with Gasteiger partial charge in [-0.25, -0.2) is 0 Å². The predicted molar refractivity (Wildman–Crippen MR) is 50.8 cm³/mol. The van der Waals surface area contributed by atoms with Crippen molar-refractivity contribution >= 4 is 0 Å². The molecule has 0 amide bonds. The van der Waals surface area contributed by atoms with Crippen molar-refractivity contribution in [2.75, 3.05) is 0 Å². The first-order valence-corrected chi connectivity index (χ1v) is 5.14. The molecule has 0 bridgehead atoms. The molecule has 1 unspecified atom stereocenters. The molecule has 2 heteroatoms. The fourth-order valence-corrected chi connectivity index (χ4v) is 2.00. The maximum atomic E-state index is 9.23. The summed E-state index contributed by atoms with van der Waals surface area (Å²) in [5.41, 5.74) is 5.80. The molecule has 0 aromatic rings. The molecule has 0 aromatic heterocycles. The van der Waals surface area contributed by atoms with Gasteiger partial charge >= 0.3 is 0 Å². The Morgan fingerprint density at radius 3 is 2.42 bits per heavy atom. The molecule has 0 aromatic carbocycles. The van der Waals surface area contributed by atoms with Crippen LogP contribution in [-0.2, 0) is 0 Å². The van der Waals surface area contributed by atoms with Gasteiger partial charge in [-0.2, -0.15) is 0 Å². The summed E-state index contributed by atoms with van der Waals surface area (Å²) in [6, 6.07) is -0.00639. The largest absolute Gasteiger partial charge is 0.392 e. The summed E-state index contributed by atoms with van der Waals surface area (Å²) in [5.74, 6) is 0.781.